The summed E-state index contributed by atoms with van der Waals surface area (Å²) in [5.74, 6) is -0.893. The zero-order chi connectivity index (χ0) is 13.1. The number of aromatic nitrogens is 3. The number of nitro benzene ring substituents is 1. The van der Waals surface area contributed by atoms with Crippen LogP contribution in [0.15, 0.2) is 24.5 Å². The molecule has 2 aromatic rings. The summed E-state index contributed by atoms with van der Waals surface area (Å²) in [6.07, 6.45) is 1.33. The summed E-state index contributed by atoms with van der Waals surface area (Å²) in [5, 5.41) is 22.8. The van der Waals surface area contributed by atoms with Crippen molar-refractivity contribution in [1.82, 2.24) is 14.8 Å². The van der Waals surface area contributed by atoms with Crippen LogP contribution in [0, 0.1) is 27.3 Å². The number of halogens is 1. The fourth-order valence-corrected chi connectivity index (χ4v) is 1.41. The van der Waals surface area contributed by atoms with Crippen molar-refractivity contribution < 1.29 is 9.31 Å². The largest absolute Gasteiger partial charge is 0.304 e. The molecule has 0 aliphatic heterocycles. The van der Waals surface area contributed by atoms with Gasteiger partial charge in [-0.05, 0) is 11.6 Å². The van der Waals surface area contributed by atoms with Crippen LogP contribution in [-0.4, -0.2) is 19.7 Å². The summed E-state index contributed by atoms with van der Waals surface area (Å²) in [4.78, 5) is 13.3. The van der Waals surface area contributed by atoms with E-state index >= 15 is 0 Å². The predicted octanol–water partition coefficient (Wildman–Crippen LogP) is 1.25. The molecular formula is C10H6FN5O2. The maximum atomic E-state index is 13.3. The number of benzene rings is 1. The van der Waals surface area contributed by atoms with Crippen LogP contribution < -0.4 is 0 Å². The average molecular weight is 247 g/mol. The lowest BCUT2D eigenvalue weighted by molar-refractivity contribution is -0.387. The highest BCUT2D eigenvalue weighted by Crippen LogP contribution is 2.18. The quantitative estimate of drug-likeness (QED) is 0.600. The summed E-state index contributed by atoms with van der Waals surface area (Å²) >= 11 is 0. The summed E-state index contributed by atoms with van der Waals surface area (Å²) < 4.78 is 14.7. The Hall–Kier alpha value is -2.82. The molecule has 2 rings (SSSR count). The topological polar surface area (TPSA) is 97.6 Å². The van der Waals surface area contributed by atoms with E-state index in [0.29, 0.717) is 5.56 Å². The molecule has 0 N–H and O–H groups in total. The minimum absolute atomic E-state index is 0.0115. The van der Waals surface area contributed by atoms with Gasteiger partial charge in [0.1, 0.15) is 12.4 Å². The molecule has 0 saturated carbocycles. The van der Waals surface area contributed by atoms with Crippen molar-refractivity contribution >= 4 is 5.69 Å². The third-order valence-corrected chi connectivity index (χ3v) is 2.19. The van der Waals surface area contributed by atoms with E-state index in [4.69, 9.17) is 5.26 Å². The first-order chi connectivity index (χ1) is 8.60. The Bertz CT molecular complexity index is 646. The van der Waals surface area contributed by atoms with Gasteiger partial charge in [-0.1, -0.05) is 6.07 Å². The molecular weight excluding hydrogens is 241 g/mol. The highest BCUT2D eigenvalue weighted by molar-refractivity contribution is 5.35. The van der Waals surface area contributed by atoms with Crippen molar-refractivity contribution in [1.29, 1.82) is 5.26 Å². The Labute approximate surface area is 100 Å². The molecule has 0 atom stereocenters. The maximum absolute atomic E-state index is 13.3. The van der Waals surface area contributed by atoms with E-state index < -0.39 is 16.4 Å². The highest BCUT2D eigenvalue weighted by atomic mass is 19.1. The van der Waals surface area contributed by atoms with E-state index in [-0.39, 0.29) is 12.4 Å². The Morgan fingerprint density at radius 3 is 2.89 bits per heavy atom. The van der Waals surface area contributed by atoms with Crippen LogP contribution in [0.3, 0.4) is 0 Å². The lowest BCUT2D eigenvalue weighted by Crippen LogP contribution is -2.02. The number of rotatable bonds is 3. The number of hydrogen-bond donors (Lipinski definition) is 0. The minimum Gasteiger partial charge on any atom is -0.258 e. The van der Waals surface area contributed by atoms with E-state index in [0.717, 1.165) is 12.1 Å². The van der Waals surface area contributed by atoms with Crippen LogP contribution >= 0.6 is 0 Å². The van der Waals surface area contributed by atoms with Crippen molar-refractivity contribution in [3.63, 3.8) is 0 Å². The Kier molecular flexibility index (Phi) is 2.97. The second-order valence-corrected chi connectivity index (χ2v) is 3.42. The van der Waals surface area contributed by atoms with Gasteiger partial charge < -0.3 is 0 Å². The smallest absolute Gasteiger partial charge is 0.258 e. The Balaban J connectivity index is 2.23. The molecule has 1 aromatic carbocycles. The SMILES string of the molecule is N#Cc1ncn(Cc2ccc([N+](=O)[O-])c(F)c2)n1. The molecule has 0 unspecified atom stereocenters. The first-order valence-corrected chi connectivity index (χ1v) is 4.82. The molecule has 18 heavy (non-hydrogen) atoms. The van der Waals surface area contributed by atoms with Crippen LogP contribution in [-0.2, 0) is 6.54 Å². The second-order valence-electron chi connectivity index (χ2n) is 3.42. The van der Waals surface area contributed by atoms with Crippen molar-refractivity contribution in [3.8, 4) is 6.07 Å². The number of nitro groups is 1. The molecule has 0 fully saturated rings. The molecule has 0 aliphatic carbocycles. The molecule has 7 nitrogen and oxygen atoms in total. The molecule has 0 aliphatic rings. The van der Waals surface area contributed by atoms with Crippen molar-refractivity contribution in [3.05, 3.63) is 51.8 Å². The standard InChI is InChI=1S/C10H6FN5O2/c11-8-3-7(1-2-9(8)16(17)18)5-15-6-13-10(4-12)14-15/h1-3,6H,5H2. The number of nitrogens with zero attached hydrogens (tertiary/aromatic N) is 5. The van der Waals surface area contributed by atoms with Crippen molar-refractivity contribution in [2.75, 3.05) is 0 Å². The molecule has 1 aromatic heterocycles. The van der Waals surface area contributed by atoms with Crippen molar-refractivity contribution in [2.24, 2.45) is 0 Å². The lowest BCUT2D eigenvalue weighted by atomic mass is 10.2. The number of nitriles is 1. The Morgan fingerprint density at radius 2 is 2.33 bits per heavy atom. The third-order valence-electron chi connectivity index (χ3n) is 2.19. The van der Waals surface area contributed by atoms with Gasteiger partial charge >= 0.3 is 5.69 Å². The summed E-state index contributed by atoms with van der Waals surface area (Å²) in [7, 11) is 0. The van der Waals surface area contributed by atoms with Crippen LogP contribution in [0.4, 0.5) is 10.1 Å². The van der Waals surface area contributed by atoms with Gasteiger partial charge in [0.25, 0.3) is 5.82 Å². The van der Waals surface area contributed by atoms with Gasteiger partial charge in [0.2, 0.25) is 5.82 Å². The molecule has 0 radical (unpaired) electrons. The molecule has 0 spiro atoms. The fraction of sp³-hybridized carbons (Fsp3) is 0.100. The van der Waals surface area contributed by atoms with E-state index in [1.54, 1.807) is 6.07 Å². The molecule has 1 heterocycles. The average Bonchev–Trinajstić information content (AvgIpc) is 2.76. The maximum Gasteiger partial charge on any atom is 0.304 e. The van der Waals surface area contributed by atoms with Crippen LogP contribution in [0.25, 0.3) is 0 Å². The normalized spacial score (nSPS) is 10.0. The minimum atomic E-state index is -0.905. The van der Waals surface area contributed by atoms with Gasteiger partial charge in [-0.25, -0.2) is 9.67 Å². The third kappa shape index (κ3) is 2.30. The summed E-state index contributed by atoms with van der Waals surface area (Å²) in [6.45, 7) is 0.184. The van der Waals surface area contributed by atoms with E-state index in [1.165, 1.54) is 17.1 Å². The number of hydrogen-bond acceptors (Lipinski definition) is 5. The van der Waals surface area contributed by atoms with Crippen LogP contribution in [0.5, 0.6) is 0 Å². The highest BCUT2D eigenvalue weighted by Gasteiger charge is 2.13. The molecule has 0 amide bonds. The lowest BCUT2D eigenvalue weighted by Gasteiger charge is -2.01. The molecule has 8 heteroatoms. The second kappa shape index (κ2) is 4.58. The summed E-state index contributed by atoms with van der Waals surface area (Å²) in [5.41, 5.74) is -0.0810. The van der Waals surface area contributed by atoms with Gasteiger partial charge in [0, 0.05) is 6.07 Å². The van der Waals surface area contributed by atoms with E-state index in [2.05, 4.69) is 10.1 Å². The van der Waals surface area contributed by atoms with Gasteiger partial charge in [-0.15, -0.1) is 5.10 Å². The first-order valence-electron chi connectivity index (χ1n) is 4.82. The van der Waals surface area contributed by atoms with Gasteiger partial charge in [0.05, 0.1) is 11.5 Å². The van der Waals surface area contributed by atoms with Crippen molar-refractivity contribution in [2.45, 2.75) is 6.54 Å². The van der Waals surface area contributed by atoms with Crippen LogP contribution in [0.2, 0.25) is 0 Å². The van der Waals surface area contributed by atoms with Gasteiger partial charge in [-0.2, -0.15) is 9.65 Å². The van der Waals surface area contributed by atoms with Gasteiger partial charge in [0.15, 0.2) is 0 Å². The molecule has 0 saturated heterocycles. The first kappa shape index (κ1) is 11.7. The van der Waals surface area contributed by atoms with E-state index in [1.807, 2.05) is 0 Å². The molecule has 90 valence electrons. The molecule has 0 bridgehead atoms. The van der Waals surface area contributed by atoms with E-state index in [9.17, 15) is 14.5 Å². The predicted molar refractivity (Wildman–Crippen MR) is 56.9 cm³/mol. The monoisotopic (exact) mass is 247 g/mol. The Morgan fingerprint density at radius 1 is 1.56 bits per heavy atom. The fourth-order valence-electron chi connectivity index (χ4n) is 1.41. The van der Waals surface area contributed by atoms with Gasteiger partial charge in [-0.3, -0.25) is 10.1 Å². The summed E-state index contributed by atoms with van der Waals surface area (Å²) in [6, 6.07) is 5.34. The zero-order valence-corrected chi connectivity index (χ0v) is 8.95. The zero-order valence-electron chi connectivity index (χ0n) is 8.95. The van der Waals surface area contributed by atoms with Crippen LogP contribution in [0.1, 0.15) is 11.4 Å².